The maximum Gasteiger partial charge on any atom is 0.268 e. The molecule has 0 bridgehead atoms. The van der Waals surface area contributed by atoms with E-state index in [0.29, 0.717) is 28.8 Å². The predicted octanol–water partition coefficient (Wildman–Crippen LogP) is 5.92. The number of benzene rings is 2. The van der Waals surface area contributed by atoms with E-state index in [4.69, 9.17) is 9.26 Å². The van der Waals surface area contributed by atoms with E-state index in [-0.39, 0.29) is 23.4 Å². The Morgan fingerprint density at radius 3 is 2.45 bits per heavy atom. The molecule has 1 N–H and O–H groups in total. The fourth-order valence-electron chi connectivity index (χ4n) is 5.73. The number of alkyl halides is 1. The first-order valence-electron chi connectivity index (χ1n) is 14.3. The van der Waals surface area contributed by atoms with Crippen molar-refractivity contribution in [1.29, 1.82) is 0 Å². The molecule has 1 aromatic heterocycles. The lowest BCUT2D eigenvalue weighted by molar-refractivity contribution is -0.135. The highest BCUT2D eigenvalue weighted by Gasteiger charge is 2.42. The molecular weight excluding hydrogens is 620 g/mol. The van der Waals surface area contributed by atoms with E-state index in [2.05, 4.69) is 38.2 Å². The number of methoxy groups -OCH3 is 1. The summed E-state index contributed by atoms with van der Waals surface area (Å²) in [5, 5.41) is 7.71. The van der Waals surface area contributed by atoms with Gasteiger partial charge in [0.15, 0.2) is 5.82 Å². The molecule has 1 amide bonds. The molecule has 2 aromatic carbocycles. The van der Waals surface area contributed by atoms with Crippen molar-refractivity contribution >= 4 is 37.7 Å². The van der Waals surface area contributed by atoms with Crippen LogP contribution in [0.15, 0.2) is 51.9 Å². The number of nitrogens with zero attached hydrogens (tertiary/aromatic N) is 3. The Balaban J connectivity index is 1.65. The topological polar surface area (TPSA) is 105 Å². The molecule has 1 heterocycles. The van der Waals surface area contributed by atoms with Gasteiger partial charge in [0.25, 0.3) is 10.0 Å². The molecule has 0 aliphatic heterocycles. The molecular formula is C31H41BrN4O5S. The predicted molar refractivity (Wildman–Crippen MR) is 168 cm³/mol. The van der Waals surface area contributed by atoms with Crippen molar-refractivity contribution in [2.75, 3.05) is 31.7 Å². The van der Waals surface area contributed by atoms with Crippen molar-refractivity contribution in [3.63, 3.8) is 0 Å². The maximum absolute atomic E-state index is 14.1. The second-order valence-electron chi connectivity index (χ2n) is 10.9. The average molecular weight is 662 g/mol. The number of halogens is 1. The van der Waals surface area contributed by atoms with Crippen LogP contribution in [0.25, 0.3) is 11.1 Å². The molecule has 0 radical (unpaired) electrons. The van der Waals surface area contributed by atoms with Crippen molar-refractivity contribution in [2.24, 2.45) is 0 Å². The zero-order chi connectivity index (χ0) is 30.5. The molecule has 0 atom stereocenters. The van der Waals surface area contributed by atoms with E-state index >= 15 is 0 Å². The van der Waals surface area contributed by atoms with Crippen molar-refractivity contribution < 1.29 is 22.5 Å². The van der Waals surface area contributed by atoms with E-state index in [9.17, 15) is 13.2 Å². The van der Waals surface area contributed by atoms with Gasteiger partial charge in [-0.3, -0.25) is 9.69 Å². The lowest BCUT2D eigenvalue weighted by atomic mass is 9.79. The summed E-state index contributed by atoms with van der Waals surface area (Å²) in [6, 6.07) is 12.8. The maximum atomic E-state index is 14.1. The fraction of sp³-hybridized carbons (Fsp3) is 0.484. The van der Waals surface area contributed by atoms with E-state index in [0.717, 1.165) is 53.2 Å². The van der Waals surface area contributed by atoms with Crippen LogP contribution in [0.3, 0.4) is 0 Å². The van der Waals surface area contributed by atoms with Crippen molar-refractivity contribution in [2.45, 2.75) is 75.2 Å². The van der Waals surface area contributed by atoms with E-state index in [1.54, 1.807) is 32.0 Å². The minimum atomic E-state index is -4.08. The van der Waals surface area contributed by atoms with Gasteiger partial charge in [-0.2, -0.15) is 0 Å². The molecule has 0 unspecified atom stereocenters. The number of likely N-dealkylation sites (N-methyl/N-ethyl adjacent to an activating group) is 1. The highest BCUT2D eigenvalue weighted by molar-refractivity contribution is 9.08. The molecule has 4 rings (SSSR count). The summed E-state index contributed by atoms with van der Waals surface area (Å²) in [7, 11) is -0.609. The molecule has 228 valence electrons. The lowest BCUT2D eigenvalue weighted by Crippen LogP contribution is -2.58. The lowest BCUT2D eigenvalue weighted by Gasteiger charge is -2.42. The van der Waals surface area contributed by atoms with Gasteiger partial charge in [0.2, 0.25) is 5.91 Å². The number of rotatable bonds is 12. The van der Waals surface area contributed by atoms with Crippen LogP contribution in [-0.2, 0) is 31.4 Å². The first-order valence-corrected chi connectivity index (χ1v) is 16.9. The summed E-state index contributed by atoms with van der Waals surface area (Å²) >= 11 is 3.60. The van der Waals surface area contributed by atoms with Gasteiger partial charge in [0.05, 0.1) is 4.90 Å². The Hall–Kier alpha value is -2.73. The van der Waals surface area contributed by atoms with Crippen LogP contribution in [0.4, 0.5) is 5.82 Å². The molecule has 1 fully saturated rings. The number of nitrogens with one attached hydrogen (secondary N) is 1. The summed E-state index contributed by atoms with van der Waals surface area (Å²) in [4.78, 5) is 15.8. The van der Waals surface area contributed by atoms with Gasteiger partial charge in [-0.25, -0.2) is 12.7 Å². The summed E-state index contributed by atoms with van der Waals surface area (Å²) in [5.41, 5.74) is 3.36. The van der Waals surface area contributed by atoms with E-state index in [1.807, 2.05) is 31.3 Å². The second kappa shape index (κ2) is 13.7. The first kappa shape index (κ1) is 32.2. The largest absolute Gasteiger partial charge is 0.363 e. The summed E-state index contributed by atoms with van der Waals surface area (Å²) in [5.74, 6) is 0.805. The number of amides is 1. The van der Waals surface area contributed by atoms with Crippen molar-refractivity contribution in [3.8, 4) is 11.1 Å². The highest BCUT2D eigenvalue weighted by atomic mass is 79.9. The SMILES string of the molecule is CCN(C)C1(C(=O)NCc2ccc(-c3ccccc3S(=O)(=O)N(COC)c3noc(C)c3C)c(CBr)c2)CCCCC1. The van der Waals surface area contributed by atoms with Gasteiger partial charge in [-0.05, 0) is 63.0 Å². The van der Waals surface area contributed by atoms with E-state index < -0.39 is 15.6 Å². The van der Waals surface area contributed by atoms with Gasteiger partial charge in [-0.1, -0.05) is 83.7 Å². The summed E-state index contributed by atoms with van der Waals surface area (Å²) in [6.07, 6.45) is 5.02. The number of hydrogen-bond donors (Lipinski definition) is 1. The van der Waals surface area contributed by atoms with Gasteiger partial charge < -0.3 is 14.6 Å². The van der Waals surface area contributed by atoms with Gasteiger partial charge in [0.1, 0.15) is 18.0 Å². The smallest absolute Gasteiger partial charge is 0.268 e. The van der Waals surface area contributed by atoms with Gasteiger partial charge >= 0.3 is 0 Å². The third-order valence-corrected chi connectivity index (χ3v) is 10.8. The molecule has 1 aliphatic carbocycles. The number of aryl methyl sites for hydroxylation is 1. The fourth-order valence-corrected chi connectivity index (χ4v) is 7.78. The zero-order valence-corrected chi connectivity index (χ0v) is 27.5. The Morgan fingerprint density at radius 2 is 1.83 bits per heavy atom. The quantitative estimate of drug-likeness (QED) is 0.190. The Bertz CT molecular complexity index is 1500. The average Bonchev–Trinajstić information content (AvgIpc) is 3.34. The van der Waals surface area contributed by atoms with Crippen LogP contribution in [0, 0.1) is 13.8 Å². The zero-order valence-electron chi connectivity index (χ0n) is 25.1. The number of ether oxygens (including phenoxy) is 1. The number of carbonyl (C=O) groups is 1. The molecule has 0 spiro atoms. The molecule has 11 heteroatoms. The standard InChI is InChI=1S/C31H41BrN4O5S/c1-6-35(4)31(16-10-7-11-17-31)30(37)33-20-24-14-15-26(25(18-24)19-32)27-12-8-9-13-28(27)42(38,39)36(21-40-5)29-22(2)23(3)41-34-29/h8-9,12-15,18H,6-7,10-11,16-17,19-21H2,1-5H3,(H,33,37). The number of anilines is 1. The molecule has 3 aromatic rings. The number of sulfonamides is 1. The van der Waals surface area contributed by atoms with Crippen molar-refractivity contribution in [3.05, 3.63) is 64.9 Å². The minimum Gasteiger partial charge on any atom is -0.363 e. The number of hydrogen-bond acceptors (Lipinski definition) is 7. The molecule has 9 nitrogen and oxygen atoms in total. The van der Waals surface area contributed by atoms with Gasteiger partial charge in [0, 0.05) is 30.1 Å². The summed E-state index contributed by atoms with van der Waals surface area (Å²) < 4.78 is 39.8. The third kappa shape index (κ3) is 6.29. The Morgan fingerprint density at radius 1 is 1.12 bits per heavy atom. The normalized spacial score (nSPS) is 15.1. The Kier molecular flexibility index (Phi) is 10.5. The third-order valence-electron chi connectivity index (χ3n) is 8.44. The van der Waals surface area contributed by atoms with E-state index in [1.165, 1.54) is 13.5 Å². The molecule has 42 heavy (non-hydrogen) atoms. The van der Waals surface area contributed by atoms with Crippen LogP contribution in [0.1, 0.15) is 61.5 Å². The number of carbonyl (C=O) groups excluding carboxylic acids is 1. The first-order chi connectivity index (χ1) is 20.1. The highest BCUT2D eigenvalue weighted by Crippen LogP contribution is 2.36. The van der Waals surface area contributed by atoms with Crippen LogP contribution < -0.4 is 9.62 Å². The molecule has 0 saturated heterocycles. The molecule has 1 aliphatic rings. The monoisotopic (exact) mass is 660 g/mol. The van der Waals surface area contributed by atoms with Crippen LogP contribution >= 0.6 is 15.9 Å². The van der Waals surface area contributed by atoms with Crippen molar-refractivity contribution in [1.82, 2.24) is 15.4 Å². The van der Waals surface area contributed by atoms with Crippen LogP contribution in [0.5, 0.6) is 0 Å². The summed E-state index contributed by atoms with van der Waals surface area (Å²) in [6.45, 7) is 6.58. The van der Waals surface area contributed by atoms with Gasteiger partial charge in [-0.15, -0.1) is 0 Å². The minimum absolute atomic E-state index is 0.0732. The second-order valence-corrected chi connectivity index (χ2v) is 13.3. The Labute approximate surface area is 257 Å². The van der Waals surface area contributed by atoms with Crippen LogP contribution in [0.2, 0.25) is 0 Å². The number of aromatic nitrogens is 1. The van der Waals surface area contributed by atoms with Crippen LogP contribution in [-0.4, -0.2) is 57.4 Å². The molecule has 1 saturated carbocycles.